The van der Waals surface area contributed by atoms with Gasteiger partial charge in [-0.2, -0.15) is 0 Å². The highest BCUT2D eigenvalue weighted by atomic mass is 15.3. The minimum atomic E-state index is 0.310. The van der Waals surface area contributed by atoms with Crippen LogP contribution in [0.5, 0.6) is 0 Å². The summed E-state index contributed by atoms with van der Waals surface area (Å²) in [4.78, 5) is 11.4. The molecule has 4 nitrogen and oxygen atoms in total. The van der Waals surface area contributed by atoms with Crippen LogP contribution >= 0.6 is 0 Å². The lowest BCUT2D eigenvalue weighted by molar-refractivity contribution is 0.616. The molecule has 0 radical (unpaired) electrons. The quantitative estimate of drug-likeness (QED) is 0.893. The predicted molar refractivity (Wildman–Crippen MR) is 75.8 cm³/mol. The SMILES string of the molecule is CCC1CCC(C)N1c1cc(N)nc(C(C)C)n1. The highest BCUT2D eigenvalue weighted by Crippen LogP contribution is 2.31. The first-order chi connectivity index (χ1) is 8.52. The van der Waals surface area contributed by atoms with Gasteiger partial charge >= 0.3 is 0 Å². The van der Waals surface area contributed by atoms with Gasteiger partial charge in [-0.15, -0.1) is 0 Å². The number of nitrogen functional groups attached to an aromatic ring is 1. The fraction of sp³-hybridized carbons (Fsp3) is 0.714. The first-order valence-electron chi connectivity index (χ1n) is 6.95. The molecule has 1 aliphatic rings. The minimum absolute atomic E-state index is 0.310. The van der Waals surface area contributed by atoms with Gasteiger partial charge in [0.2, 0.25) is 0 Å². The maximum Gasteiger partial charge on any atom is 0.135 e. The Kier molecular flexibility index (Phi) is 3.73. The van der Waals surface area contributed by atoms with Gasteiger partial charge in [0, 0.05) is 24.1 Å². The van der Waals surface area contributed by atoms with E-state index in [0.717, 1.165) is 18.1 Å². The van der Waals surface area contributed by atoms with Gasteiger partial charge in [0.1, 0.15) is 17.5 Å². The van der Waals surface area contributed by atoms with Crippen molar-refractivity contribution in [1.82, 2.24) is 9.97 Å². The average molecular weight is 248 g/mol. The summed E-state index contributed by atoms with van der Waals surface area (Å²) in [5.41, 5.74) is 5.92. The van der Waals surface area contributed by atoms with Gasteiger partial charge in [-0.05, 0) is 26.2 Å². The summed E-state index contributed by atoms with van der Waals surface area (Å²) in [5.74, 6) is 2.74. The van der Waals surface area contributed by atoms with E-state index >= 15 is 0 Å². The monoisotopic (exact) mass is 248 g/mol. The first kappa shape index (κ1) is 13.1. The molecule has 2 rings (SSSR count). The standard InChI is InChI=1S/C14H24N4/c1-5-11-7-6-10(4)18(11)13-8-12(15)16-14(17-13)9(2)3/h8-11H,5-7H2,1-4H3,(H2,15,16,17). The van der Waals surface area contributed by atoms with E-state index in [1.165, 1.54) is 12.8 Å². The van der Waals surface area contributed by atoms with Crippen molar-refractivity contribution >= 4 is 11.6 Å². The van der Waals surface area contributed by atoms with Gasteiger partial charge in [0.25, 0.3) is 0 Å². The van der Waals surface area contributed by atoms with Crippen LogP contribution in [-0.2, 0) is 0 Å². The fourth-order valence-corrected chi connectivity index (χ4v) is 2.75. The molecule has 1 aromatic rings. The molecule has 1 fully saturated rings. The van der Waals surface area contributed by atoms with Gasteiger partial charge in [0.15, 0.2) is 0 Å². The molecule has 0 spiro atoms. The Balaban J connectivity index is 2.37. The van der Waals surface area contributed by atoms with Crippen LogP contribution in [0, 0.1) is 0 Å². The molecular weight excluding hydrogens is 224 g/mol. The lowest BCUT2D eigenvalue weighted by atomic mass is 10.1. The largest absolute Gasteiger partial charge is 0.384 e. The zero-order chi connectivity index (χ0) is 13.3. The number of anilines is 2. The van der Waals surface area contributed by atoms with Gasteiger partial charge in [0.05, 0.1) is 0 Å². The third-order valence-corrected chi connectivity index (χ3v) is 3.79. The van der Waals surface area contributed by atoms with Crippen molar-refractivity contribution in [3.05, 3.63) is 11.9 Å². The molecule has 1 aliphatic heterocycles. The Labute approximate surface area is 110 Å². The number of nitrogens with two attached hydrogens (primary N) is 1. The van der Waals surface area contributed by atoms with Crippen LogP contribution < -0.4 is 10.6 Å². The zero-order valence-electron chi connectivity index (χ0n) is 11.8. The second-order valence-electron chi connectivity index (χ2n) is 5.56. The maximum atomic E-state index is 5.92. The molecule has 2 N–H and O–H groups in total. The highest BCUT2D eigenvalue weighted by molar-refractivity contribution is 5.49. The molecule has 0 aliphatic carbocycles. The summed E-state index contributed by atoms with van der Waals surface area (Å²) >= 11 is 0. The molecular formula is C14H24N4. The van der Waals surface area contributed by atoms with Gasteiger partial charge in [-0.3, -0.25) is 0 Å². The van der Waals surface area contributed by atoms with E-state index in [-0.39, 0.29) is 0 Å². The van der Waals surface area contributed by atoms with E-state index < -0.39 is 0 Å². The minimum Gasteiger partial charge on any atom is -0.384 e. The highest BCUT2D eigenvalue weighted by Gasteiger charge is 2.30. The summed E-state index contributed by atoms with van der Waals surface area (Å²) in [7, 11) is 0. The molecule has 2 heterocycles. The van der Waals surface area contributed by atoms with Crippen LogP contribution in [0.2, 0.25) is 0 Å². The molecule has 1 aromatic heterocycles. The molecule has 0 saturated carbocycles. The molecule has 18 heavy (non-hydrogen) atoms. The van der Waals surface area contributed by atoms with E-state index in [2.05, 4.69) is 37.6 Å². The van der Waals surface area contributed by atoms with E-state index in [4.69, 9.17) is 10.7 Å². The van der Waals surface area contributed by atoms with Crippen molar-refractivity contribution in [3.8, 4) is 0 Å². The lowest BCUT2D eigenvalue weighted by Crippen LogP contribution is -2.35. The lowest BCUT2D eigenvalue weighted by Gasteiger charge is -2.29. The average Bonchev–Trinajstić information content (AvgIpc) is 2.69. The molecule has 100 valence electrons. The van der Waals surface area contributed by atoms with E-state index in [0.29, 0.717) is 23.8 Å². The first-order valence-corrected chi connectivity index (χ1v) is 6.95. The van der Waals surface area contributed by atoms with Crippen molar-refractivity contribution in [2.24, 2.45) is 0 Å². The summed E-state index contributed by atoms with van der Waals surface area (Å²) in [5, 5.41) is 0. The molecule has 2 unspecified atom stereocenters. The van der Waals surface area contributed by atoms with Crippen molar-refractivity contribution in [1.29, 1.82) is 0 Å². The van der Waals surface area contributed by atoms with Crippen molar-refractivity contribution in [3.63, 3.8) is 0 Å². The second kappa shape index (κ2) is 5.12. The molecule has 0 amide bonds. The van der Waals surface area contributed by atoms with Crippen LogP contribution in [0.3, 0.4) is 0 Å². The Morgan fingerprint density at radius 3 is 2.72 bits per heavy atom. The summed E-state index contributed by atoms with van der Waals surface area (Å²) in [6.45, 7) is 8.71. The van der Waals surface area contributed by atoms with Crippen LogP contribution in [0.4, 0.5) is 11.6 Å². The number of hydrogen-bond acceptors (Lipinski definition) is 4. The zero-order valence-corrected chi connectivity index (χ0v) is 11.8. The van der Waals surface area contributed by atoms with Gasteiger partial charge < -0.3 is 10.6 Å². The number of nitrogens with zero attached hydrogens (tertiary/aromatic N) is 3. The normalized spacial score (nSPS) is 23.9. The molecule has 0 aromatic carbocycles. The van der Waals surface area contributed by atoms with E-state index in [1.807, 2.05) is 6.07 Å². The molecule has 4 heteroatoms. The summed E-state index contributed by atoms with van der Waals surface area (Å²) < 4.78 is 0. The topological polar surface area (TPSA) is 55.0 Å². The third kappa shape index (κ3) is 2.42. The van der Waals surface area contributed by atoms with E-state index in [1.54, 1.807) is 0 Å². The van der Waals surface area contributed by atoms with Crippen molar-refractivity contribution < 1.29 is 0 Å². The Morgan fingerprint density at radius 1 is 1.39 bits per heavy atom. The third-order valence-electron chi connectivity index (χ3n) is 3.79. The molecule has 0 bridgehead atoms. The van der Waals surface area contributed by atoms with Crippen LogP contribution in [0.25, 0.3) is 0 Å². The fourth-order valence-electron chi connectivity index (χ4n) is 2.75. The molecule has 1 saturated heterocycles. The number of hydrogen-bond donors (Lipinski definition) is 1. The number of aromatic nitrogens is 2. The maximum absolute atomic E-state index is 5.92. The van der Waals surface area contributed by atoms with Crippen LogP contribution in [0.15, 0.2) is 6.07 Å². The van der Waals surface area contributed by atoms with Crippen molar-refractivity contribution in [2.45, 2.75) is 65.0 Å². The van der Waals surface area contributed by atoms with Gasteiger partial charge in [-0.1, -0.05) is 20.8 Å². The predicted octanol–water partition coefficient (Wildman–Crippen LogP) is 2.95. The molecule has 2 atom stereocenters. The smallest absolute Gasteiger partial charge is 0.135 e. The van der Waals surface area contributed by atoms with Crippen molar-refractivity contribution in [2.75, 3.05) is 10.6 Å². The Hall–Kier alpha value is -1.32. The second-order valence-corrected chi connectivity index (χ2v) is 5.56. The van der Waals surface area contributed by atoms with Gasteiger partial charge in [-0.25, -0.2) is 9.97 Å². The Bertz CT molecular complexity index is 416. The summed E-state index contributed by atoms with van der Waals surface area (Å²) in [6.07, 6.45) is 3.64. The Morgan fingerprint density at radius 2 is 2.11 bits per heavy atom. The van der Waals surface area contributed by atoms with Crippen LogP contribution in [-0.4, -0.2) is 22.1 Å². The van der Waals surface area contributed by atoms with Crippen LogP contribution in [0.1, 0.15) is 58.7 Å². The summed E-state index contributed by atoms with van der Waals surface area (Å²) in [6, 6.07) is 3.05. The number of rotatable bonds is 3. The van der Waals surface area contributed by atoms with E-state index in [9.17, 15) is 0 Å².